The number of carbonyl (C=O) groups excluding carboxylic acids is 3. The largest absolute Gasteiger partial charge is 0.456 e. The molecule has 0 N–H and O–H groups in total. The summed E-state index contributed by atoms with van der Waals surface area (Å²) >= 11 is 3.21. The van der Waals surface area contributed by atoms with E-state index < -0.39 is 47.4 Å². The van der Waals surface area contributed by atoms with E-state index in [2.05, 4.69) is 15.9 Å². The Labute approximate surface area is 185 Å². The highest BCUT2D eigenvalue weighted by molar-refractivity contribution is 9.10. The van der Waals surface area contributed by atoms with Crippen molar-refractivity contribution in [3.63, 3.8) is 0 Å². The Balaban J connectivity index is 1.99. The van der Waals surface area contributed by atoms with Crippen LogP contribution in [0.1, 0.15) is 26.3 Å². The number of fused-ring (bicyclic) bond motifs is 1. The zero-order valence-corrected chi connectivity index (χ0v) is 18.6. The first-order valence-electron chi connectivity index (χ1n) is 9.45. The van der Waals surface area contributed by atoms with Gasteiger partial charge in [0, 0.05) is 39.1 Å². The molecular weight excluding hydrogens is 480 g/mol. The van der Waals surface area contributed by atoms with Gasteiger partial charge in [-0.3, -0.25) is 24.5 Å². The molecular formula is C19H21BrN2O9. The molecule has 1 aromatic carbocycles. The smallest absolute Gasteiger partial charge is 0.303 e. The number of rotatable bonds is 5. The number of nitro groups is 1. The first kappa shape index (κ1) is 22.9. The lowest BCUT2D eigenvalue weighted by atomic mass is 10.0. The van der Waals surface area contributed by atoms with E-state index in [1.807, 2.05) is 0 Å². The summed E-state index contributed by atoms with van der Waals surface area (Å²) in [6.45, 7) is 3.88. The molecule has 4 atom stereocenters. The second-order valence-corrected chi connectivity index (χ2v) is 8.01. The highest BCUT2D eigenvalue weighted by Crippen LogP contribution is 2.40. The molecule has 0 aliphatic carbocycles. The van der Waals surface area contributed by atoms with Gasteiger partial charge in [0.2, 0.25) is 0 Å². The van der Waals surface area contributed by atoms with Gasteiger partial charge in [-0.1, -0.05) is 0 Å². The van der Waals surface area contributed by atoms with Crippen LogP contribution >= 0.6 is 15.9 Å². The van der Waals surface area contributed by atoms with Crippen LogP contribution in [0.4, 0.5) is 11.4 Å². The van der Waals surface area contributed by atoms with Crippen LogP contribution in [0.5, 0.6) is 0 Å². The van der Waals surface area contributed by atoms with Gasteiger partial charge in [0.1, 0.15) is 0 Å². The Morgan fingerprint density at radius 3 is 2.29 bits per heavy atom. The van der Waals surface area contributed by atoms with Crippen molar-refractivity contribution in [3.05, 3.63) is 32.3 Å². The third-order valence-corrected chi connectivity index (χ3v) is 5.54. The lowest BCUT2D eigenvalue weighted by molar-refractivity contribution is -0.385. The highest BCUT2D eigenvalue weighted by atomic mass is 79.9. The first-order valence-corrected chi connectivity index (χ1v) is 10.2. The van der Waals surface area contributed by atoms with E-state index in [9.17, 15) is 24.5 Å². The molecule has 1 saturated heterocycles. The van der Waals surface area contributed by atoms with E-state index >= 15 is 0 Å². The Morgan fingerprint density at radius 2 is 1.71 bits per heavy atom. The third-order valence-electron chi connectivity index (χ3n) is 4.91. The molecule has 31 heavy (non-hydrogen) atoms. The highest BCUT2D eigenvalue weighted by Gasteiger charge is 2.50. The monoisotopic (exact) mass is 500 g/mol. The molecule has 12 heteroatoms. The van der Waals surface area contributed by atoms with Crippen molar-refractivity contribution in [2.45, 2.75) is 51.7 Å². The van der Waals surface area contributed by atoms with Crippen LogP contribution in [0, 0.1) is 10.1 Å². The average Bonchev–Trinajstić information content (AvgIpc) is 3.05. The van der Waals surface area contributed by atoms with Crippen molar-refractivity contribution in [1.29, 1.82) is 0 Å². The first-order chi connectivity index (χ1) is 14.6. The van der Waals surface area contributed by atoms with Crippen molar-refractivity contribution in [2.75, 3.05) is 18.1 Å². The summed E-state index contributed by atoms with van der Waals surface area (Å²) in [5.74, 6) is -1.92. The molecule has 168 valence electrons. The quantitative estimate of drug-likeness (QED) is 0.255. The van der Waals surface area contributed by atoms with Gasteiger partial charge in [-0.05, 0) is 34.0 Å². The van der Waals surface area contributed by atoms with Gasteiger partial charge < -0.3 is 23.8 Å². The van der Waals surface area contributed by atoms with Crippen molar-refractivity contribution in [3.8, 4) is 0 Å². The Morgan fingerprint density at radius 1 is 1.10 bits per heavy atom. The lowest BCUT2D eigenvalue weighted by Gasteiger charge is -2.44. The lowest BCUT2D eigenvalue weighted by Crippen LogP contribution is -2.62. The Hall–Kier alpha value is -2.73. The van der Waals surface area contributed by atoms with E-state index in [1.165, 1.54) is 26.8 Å². The minimum Gasteiger partial charge on any atom is -0.456 e. The summed E-state index contributed by atoms with van der Waals surface area (Å²) in [4.78, 5) is 47.6. The maximum Gasteiger partial charge on any atom is 0.303 e. The standard InChI is InChI=1S/C19H21BrN2O9/c1-9(23)29-16-8-28-19(18(31-11(3)25)17(16)30-10(2)24)21-5-4-12-6-13(20)15(22(26)27)7-14(12)21/h6-7,16-19H,4-5,8H2,1-3H3/t16-,17+,18-,19+/m1/s1. The van der Waals surface area contributed by atoms with Crippen molar-refractivity contribution < 1.29 is 38.3 Å². The summed E-state index contributed by atoms with van der Waals surface area (Å²) < 4.78 is 22.3. The molecule has 1 fully saturated rings. The Kier molecular flexibility index (Phi) is 6.80. The van der Waals surface area contributed by atoms with Gasteiger partial charge in [0.05, 0.1) is 16.0 Å². The van der Waals surface area contributed by atoms with E-state index in [0.29, 0.717) is 23.1 Å². The molecule has 2 heterocycles. The minimum atomic E-state index is -1.13. The van der Waals surface area contributed by atoms with Crippen LogP contribution in [-0.2, 0) is 39.8 Å². The fraction of sp³-hybridized carbons (Fsp3) is 0.526. The molecule has 0 unspecified atom stereocenters. The minimum absolute atomic E-state index is 0.121. The molecule has 2 aliphatic rings. The topological polar surface area (TPSA) is 135 Å². The SMILES string of the molecule is CC(=O)O[C@@H]1[C@@H](OC(C)=O)[C@@H](N2CCc3cc(Br)c([N+](=O)[O-])cc32)OC[C@H]1OC(C)=O. The third kappa shape index (κ3) is 4.96. The summed E-state index contributed by atoms with van der Waals surface area (Å²) in [6, 6.07) is 3.09. The fourth-order valence-corrected chi connectivity index (χ4v) is 4.35. The van der Waals surface area contributed by atoms with E-state index in [0.717, 1.165) is 5.56 Å². The van der Waals surface area contributed by atoms with E-state index in [1.54, 1.807) is 11.0 Å². The average molecular weight is 501 g/mol. The number of carbonyl (C=O) groups is 3. The number of anilines is 1. The number of ether oxygens (including phenoxy) is 4. The van der Waals surface area contributed by atoms with Crippen molar-refractivity contribution in [1.82, 2.24) is 0 Å². The maximum atomic E-state index is 11.8. The molecule has 0 bridgehead atoms. The molecule has 2 aliphatic heterocycles. The second-order valence-electron chi connectivity index (χ2n) is 7.15. The number of nitro benzene ring substituents is 1. The van der Waals surface area contributed by atoms with E-state index in [4.69, 9.17) is 18.9 Å². The van der Waals surface area contributed by atoms with Gasteiger partial charge in [-0.2, -0.15) is 0 Å². The van der Waals surface area contributed by atoms with Crippen LogP contribution in [0.25, 0.3) is 0 Å². The summed E-state index contributed by atoms with van der Waals surface area (Å²) in [5.41, 5.74) is 1.26. The molecule has 11 nitrogen and oxygen atoms in total. The van der Waals surface area contributed by atoms with Crippen LogP contribution < -0.4 is 4.90 Å². The van der Waals surface area contributed by atoms with Crippen molar-refractivity contribution >= 4 is 45.2 Å². The summed E-state index contributed by atoms with van der Waals surface area (Å²) in [7, 11) is 0. The van der Waals surface area contributed by atoms with E-state index in [-0.39, 0.29) is 12.3 Å². The summed E-state index contributed by atoms with van der Waals surface area (Å²) in [5, 5.41) is 11.4. The number of hydrogen-bond donors (Lipinski definition) is 0. The zero-order valence-electron chi connectivity index (χ0n) is 17.0. The number of benzene rings is 1. The Bertz CT molecular complexity index is 922. The number of nitrogens with zero attached hydrogens (tertiary/aromatic N) is 2. The van der Waals surface area contributed by atoms with Crippen LogP contribution in [0.3, 0.4) is 0 Å². The van der Waals surface area contributed by atoms with Gasteiger partial charge in [-0.25, -0.2) is 0 Å². The maximum absolute atomic E-state index is 11.8. The van der Waals surface area contributed by atoms with Crippen LogP contribution in [-0.4, -0.2) is 60.5 Å². The zero-order chi connectivity index (χ0) is 22.9. The van der Waals surface area contributed by atoms with Crippen LogP contribution in [0.15, 0.2) is 16.6 Å². The number of esters is 3. The van der Waals surface area contributed by atoms with Gasteiger partial charge in [0.15, 0.2) is 24.5 Å². The van der Waals surface area contributed by atoms with Gasteiger partial charge in [-0.15, -0.1) is 0 Å². The fourth-order valence-electron chi connectivity index (χ4n) is 3.82. The van der Waals surface area contributed by atoms with Gasteiger partial charge in [0.25, 0.3) is 5.69 Å². The normalized spacial score (nSPS) is 24.8. The summed E-state index contributed by atoms with van der Waals surface area (Å²) in [6.07, 6.45) is -3.57. The molecule has 0 saturated carbocycles. The predicted octanol–water partition coefficient (Wildman–Crippen LogP) is 1.87. The second kappa shape index (κ2) is 9.18. The molecule has 0 aromatic heterocycles. The molecule has 0 spiro atoms. The van der Waals surface area contributed by atoms with Crippen molar-refractivity contribution in [2.24, 2.45) is 0 Å². The molecule has 0 amide bonds. The van der Waals surface area contributed by atoms with Crippen LogP contribution in [0.2, 0.25) is 0 Å². The number of halogens is 1. The molecule has 1 aromatic rings. The predicted molar refractivity (Wildman–Crippen MR) is 108 cm³/mol. The molecule has 3 rings (SSSR count). The molecule has 0 radical (unpaired) electrons. The number of hydrogen-bond acceptors (Lipinski definition) is 10. The van der Waals surface area contributed by atoms with Gasteiger partial charge >= 0.3 is 17.9 Å².